The van der Waals surface area contributed by atoms with Crippen LogP contribution in [-0.2, 0) is 0 Å². The summed E-state index contributed by atoms with van der Waals surface area (Å²) >= 11 is 0. The zero-order valence-electron chi connectivity index (χ0n) is 20.8. The summed E-state index contributed by atoms with van der Waals surface area (Å²) in [6.07, 6.45) is 3.45. The van der Waals surface area contributed by atoms with Crippen molar-refractivity contribution in [1.82, 2.24) is 40.3 Å². The van der Waals surface area contributed by atoms with Gasteiger partial charge in [0.15, 0.2) is 0 Å². The molecule has 190 valence electrons. The van der Waals surface area contributed by atoms with E-state index in [4.69, 9.17) is 8.83 Å². The normalized spacial score (nSPS) is 11.0. The van der Waals surface area contributed by atoms with E-state index < -0.39 is 0 Å². The van der Waals surface area contributed by atoms with Crippen LogP contribution in [0.25, 0.3) is 68.9 Å². The van der Waals surface area contributed by atoms with Crippen molar-refractivity contribution in [3.8, 4) is 68.9 Å². The van der Waals surface area contributed by atoms with E-state index in [1.165, 1.54) is 0 Å². The molecule has 0 aliphatic heterocycles. The summed E-state index contributed by atoms with van der Waals surface area (Å²) in [4.78, 5) is 18.0. The lowest BCUT2D eigenvalue weighted by atomic mass is 10.1. The molecule has 0 bridgehead atoms. The van der Waals surface area contributed by atoms with Gasteiger partial charge in [-0.1, -0.05) is 24.3 Å². The minimum Gasteiger partial charge on any atom is -0.415 e. The zero-order chi connectivity index (χ0) is 26.7. The summed E-state index contributed by atoms with van der Waals surface area (Å²) in [5, 5.41) is 16.8. The Balaban J connectivity index is 1.11. The third-order valence-corrected chi connectivity index (χ3v) is 6.02. The van der Waals surface area contributed by atoms with Gasteiger partial charge in [-0.3, -0.25) is 9.97 Å². The van der Waals surface area contributed by atoms with Crippen molar-refractivity contribution in [3.05, 3.63) is 109 Å². The molecule has 6 heterocycles. The van der Waals surface area contributed by atoms with E-state index in [-0.39, 0.29) is 0 Å². The Morgan fingerprint density at radius 2 is 0.750 bits per heavy atom. The van der Waals surface area contributed by atoms with Gasteiger partial charge in [0.2, 0.25) is 11.8 Å². The van der Waals surface area contributed by atoms with Crippen molar-refractivity contribution in [3.63, 3.8) is 0 Å². The highest BCUT2D eigenvalue weighted by Gasteiger charge is 2.16. The first-order chi connectivity index (χ1) is 19.8. The Morgan fingerprint density at radius 1 is 0.350 bits per heavy atom. The molecule has 0 aliphatic rings. The molecule has 0 amide bonds. The first-order valence-electron chi connectivity index (χ1n) is 12.4. The molecule has 7 rings (SSSR count). The molecule has 0 spiro atoms. The smallest absolute Gasteiger partial charge is 0.266 e. The summed E-state index contributed by atoms with van der Waals surface area (Å²) in [5.41, 5.74) is 5.59. The molecule has 7 aromatic rings. The van der Waals surface area contributed by atoms with Crippen LogP contribution in [0.1, 0.15) is 0 Å². The minimum absolute atomic E-state index is 0.318. The van der Waals surface area contributed by atoms with Crippen LogP contribution in [0.2, 0.25) is 0 Å². The van der Waals surface area contributed by atoms with Crippen molar-refractivity contribution in [2.24, 2.45) is 0 Å². The topological polar surface area (TPSA) is 129 Å². The maximum Gasteiger partial charge on any atom is 0.266 e. The van der Waals surface area contributed by atoms with Crippen molar-refractivity contribution in [1.29, 1.82) is 0 Å². The number of aromatic nitrogens is 8. The van der Waals surface area contributed by atoms with E-state index in [0.717, 1.165) is 33.9 Å². The van der Waals surface area contributed by atoms with Gasteiger partial charge in [-0.05, 0) is 72.8 Å². The number of nitrogens with zero attached hydrogens (tertiary/aromatic N) is 8. The second kappa shape index (κ2) is 10.1. The summed E-state index contributed by atoms with van der Waals surface area (Å²) < 4.78 is 11.9. The second-order valence-electron chi connectivity index (χ2n) is 8.65. The quantitative estimate of drug-likeness (QED) is 0.255. The van der Waals surface area contributed by atoms with Gasteiger partial charge in [-0.25, -0.2) is 9.97 Å². The first kappa shape index (κ1) is 23.2. The van der Waals surface area contributed by atoms with Crippen molar-refractivity contribution in [2.75, 3.05) is 0 Å². The number of hydrogen-bond acceptors (Lipinski definition) is 10. The number of hydrogen-bond donors (Lipinski definition) is 0. The van der Waals surface area contributed by atoms with Gasteiger partial charge in [-0.15, -0.1) is 20.4 Å². The van der Waals surface area contributed by atoms with E-state index in [1.807, 2.05) is 97.1 Å². The van der Waals surface area contributed by atoms with Gasteiger partial charge < -0.3 is 8.83 Å². The molecule has 40 heavy (non-hydrogen) atoms. The van der Waals surface area contributed by atoms with Crippen LogP contribution in [0.5, 0.6) is 0 Å². The van der Waals surface area contributed by atoms with Crippen LogP contribution >= 0.6 is 0 Å². The van der Waals surface area contributed by atoms with Crippen LogP contribution in [0.3, 0.4) is 0 Å². The van der Waals surface area contributed by atoms with Crippen LogP contribution in [0.4, 0.5) is 0 Å². The molecule has 0 saturated carbocycles. The molecule has 0 fully saturated rings. The van der Waals surface area contributed by atoms with Gasteiger partial charge in [0.25, 0.3) is 11.8 Å². The number of rotatable bonds is 6. The zero-order valence-corrected chi connectivity index (χ0v) is 20.8. The highest BCUT2D eigenvalue weighted by atomic mass is 16.4. The number of benzene rings is 1. The molecule has 10 heteroatoms. The van der Waals surface area contributed by atoms with Gasteiger partial charge in [0.1, 0.15) is 11.4 Å². The van der Waals surface area contributed by atoms with Crippen molar-refractivity contribution in [2.45, 2.75) is 0 Å². The van der Waals surface area contributed by atoms with Gasteiger partial charge in [0.05, 0.1) is 22.8 Å². The Kier molecular flexibility index (Phi) is 5.87. The van der Waals surface area contributed by atoms with Crippen LogP contribution in [-0.4, -0.2) is 40.3 Å². The molecule has 0 saturated heterocycles. The lowest BCUT2D eigenvalue weighted by Gasteiger charge is -2.01. The van der Waals surface area contributed by atoms with E-state index in [0.29, 0.717) is 35.0 Å². The molecule has 6 aromatic heterocycles. The molecular weight excluding hydrogens is 504 g/mol. The molecule has 1 aromatic carbocycles. The average molecular weight is 523 g/mol. The Labute approximate surface area is 227 Å². The third-order valence-electron chi connectivity index (χ3n) is 6.02. The predicted molar refractivity (Wildman–Crippen MR) is 146 cm³/mol. The minimum atomic E-state index is 0.318. The maximum atomic E-state index is 5.93. The van der Waals surface area contributed by atoms with Crippen LogP contribution in [0, 0.1) is 0 Å². The molecule has 0 atom stereocenters. The first-order valence-corrected chi connectivity index (χ1v) is 12.4. The van der Waals surface area contributed by atoms with Crippen molar-refractivity contribution < 1.29 is 8.83 Å². The van der Waals surface area contributed by atoms with Crippen molar-refractivity contribution >= 4 is 0 Å². The standard InChI is InChI=1S/C30H18N8O2/c1-3-17-31-21(7-1)23-9-5-11-25(33-23)29-37-35-27(39-29)19-13-15-20(16-14-19)28-36-38-30(40-28)26-12-6-10-24(34-26)22-8-2-4-18-32-22/h1-18H. The third kappa shape index (κ3) is 4.61. The SMILES string of the molecule is c1ccc(-c2cccc(-c3nnc(-c4ccc(-c5nnc(-c6cccc(-c7ccccn7)n6)o5)cc4)o3)n2)nc1. The molecular formula is C30H18N8O2. The molecule has 0 aliphatic carbocycles. The van der Waals surface area contributed by atoms with E-state index >= 15 is 0 Å². The summed E-state index contributed by atoms with van der Waals surface area (Å²) in [6, 6.07) is 30.0. The van der Waals surface area contributed by atoms with Gasteiger partial charge in [-0.2, -0.15) is 0 Å². The fourth-order valence-corrected chi connectivity index (χ4v) is 4.06. The highest BCUT2D eigenvalue weighted by Crippen LogP contribution is 2.28. The van der Waals surface area contributed by atoms with E-state index in [2.05, 4.69) is 40.3 Å². The molecule has 0 N–H and O–H groups in total. The van der Waals surface area contributed by atoms with Gasteiger partial charge in [0, 0.05) is 23.5 Å². The van der Waals surface area contributed by atoms with E-state index in [9.17, 15) is 0 Å². The van der Waals surface area contributed by atoms with E-state index in [1.54, 1.807) is 12.4 Å². The Morgan fingerprint density at radius 3 is 1.18 bits per heavy atom. The maximum absolute atomic E-state index is 5.93. The molecule has 0 unspecified atom stereocenters. The Bertz CT molecular complexity index is 1760. The molecule has 0 radical (unpaired) electrons. The second-order valence-corrected chi connectivity index (χ2v) is 8.65. The fraction of sp³-hybridized carbons (Fsp3) is 0. The summed E-state index contributed by atoms with van der Waals surface area (Å²) in [6.45, 7) is 0. The average Bonchev–Trinajstić information content (AvgIpc) is 3.74. The fourth-order valence-electron chi connectivity index (χ4n) is 4.06. The lowest BCUT2D eigenvalue weighted by Crippen LogP contribution is -1.89. The van der Waals surface area contributed by atoms with Gasteiger partial charge >= 0.3 is 0 Å². The van der Waals surface area contributed by atoms with Crippen LogP contribution < -0.4 is 0 Å². The molecule has 10 nitrogen and oxygen atoms in total. The summed E-state index contributed by atoms with van der Waals surface area (Å²) in [7, 11) is 0. The van der Waals surface area contributed by atoms with Crippen LogP contribution in [0.15, 0.2) is 118 Å². The largest absolute Gasteiger partial charge is 0.415 e. The monoisotopic (exact) mass is 522 g/mol. The summed E-state index contributed by atoms with van der Waals surface area (Å²) in [5.74, 6) is 1.37. The predicted octanol–water partition coefficient (Wildman–Crippen LogP) is 6.03. The lowest BCUT2D eigenvalue weighted by molar-refractivity contribution is 0.580. The Hall–Kier alpha value is -5.90. The number of pyridine rings is 4. The highest BCUT2D eigenvalue weighted by molar-refractivity contribution is 5.64.